The number of imide groups is 1. The smallest absolute Gasteiger partial charge is 0.325 e. The number of urea groups is 1. The molecule has 1 spiro atoms. The summed E-state index contributed by atoms with van der Waals surface area (Å²) in [6.07, 6.45) is 6.07. The first-order valence-electron chi connectivity index (χ1n) is 10.3. The van der Waals surface area contributed by atoms with Gasteiger partial charge in [-0.1, -0.05) is 19.3 Å². The van der Waals surface area contributed by atoms with Crippen molar-refractivity contribution < 1.29 is 14.4 Å². The maximum absolute atomic E-state index is 12.7. The van der Waals surface area contributed by atoms with Crippen LogP contribution in [0, 0.1) is 0 Å². The van der Waals surface area contributed by atoms with Gasteiger partial charge < -0.3 is 10.6 Å². The Morgan fingerprint density at radius 1 is 1.26 bits per heavy atom. The molecule has 12 heteroatoms. The third-order valence-electron chi connectivity index (χ3n) is 5.92. The first-order valence-corrected chi connectivity index (χ1v) is 11.1. The van der Waals surface area contributed by atoms with E-state index in [1.54, 1.807) is 7.05 Å². The summed E-state index contributed by atoms with van der Waals surface area (Å²) in [5.41, 5.74) is -0.665. The number of hydrogen-bond acceptors (Lipinski definition) is 6. The van der Waals surface area contributed by atoms with Crippen molar-refractivity contribution in [2.24, 2.45) is 7.05 Å². The van der Waals surface area contributed by atoms with E-state index >= 15 is 0 Å². The van der Waals surface area contributed by atoms with Crippen LogP contribution in [0.2, 0.25) is 0 Å². The molecule has 0 atom stereocenters. The van der Waals surface area contributed by atoms with E-state index in [9.17, 15) is 19.2 Å². The lowest BCUT2D eigenvalue weighted by Crippen LogP contribution is -2.48. The molecule has 2 fully saturated rings. The van der Waals surface area contributed by atoms with Gasteiger partial charge in [0.1, 0.15) is 28.4 Å². The number of amides is 4. The lowest BCUT2D eigenvalue weighted by atomic mass is 9.82. The van der Waals surface area contributed by atoms with E-state index in [2.05, 4.69) is 36.6 Å². The molecule has 0 aromatic carbocycles. The van der Waals surface area contributed by atoms with Crippen LogP contribution < -0.4 is 16.2 Å². The number of carbonyl (C=O) groups excluding carboxylic acids is 3. The molecule has 0 bridgehead atoms. The Labute approximate surface area is 186 Å². The van der Waals surface area contributed by atoms with Crippen molar-refractivity contribution in [2.75, 3.05) is 13.1 Å². The largest absolute Gasteiger partial charge is 0.354 e. The highest BCUT2D eigenvalue weighted by molar-refractivity contribution is 9.10. The first kappa shape index (κ1) is 21.5. The SMILES string of the molecule is Cn1nc(Br)c2c(=O)n(CC(=O)NCCCN3C(=O)NC4(CCCCC4)C3=O)cnc21. The monoisotopic (exact) mass is 493 g/mol. The molecule has 1 saturated heterocycles. The molecule has 2 aromatic rings. The topological polar surface area (TPSA) is 131 Å². The molecular weight excluding hydrogens is 470 g/mol. The van der Waals surface area contributed by atoms with Crippen LogP contribution in [-0.2, 0) is 23.2 Å². The van der Waals surface area contributed by atoms with E-state index in [-0.39, 0.29) is 43.0 Å². The molecule has 4 amide bonds. The molecule has 2 aliphatic rings. The van der Waals surface area contributed by atoms with Crippen LogP contribution in [0.3, 0.4) is 0 Å². The number of nitrogens with zero attached hydrogens (tertiary/aromatic N) is 5. The Morgan fingerprint density at radius 3 is 2.74 bits per heavy atom. The van der Waals surface area contributed by atoms with Gasteiger partial charge in [-0.25, -0.2) is 14.5 Å². The number of aromatic nitrogens is 4. The van der Waals surface area contributed by atoms with E-state index in [1.165, 1.54) is 20.5 Å². The quantitative estimate of drug-likeness (QED) is 0.448. The van der Waals surface area contributed by atoms with Gasteiger partial charge in [0.15, 0.2) is 5.65 Å². The average molecular weight is 494 g/mol. The van der Waals surface area contributed by atoms with Gasteiger partial charge in [-0.3, -0.25) is 23.9 Å². The average Bonchev–Trinajstić information content (AvgIpc) is 3.15. The first-order chi connectivity index (χ1) is 14.8. The van der Waals surface area contributed by atoms with Gasteiger partial charge in [0, 0.05) is 20.1 Å². The molecule has 1 saturated carbocycles. The summed E-state index contributed by atoms with van der Waals surface area (Å²) in [5.74, 6) is -0.513. The summed E-state index contributed by atoms with van der Waals surface area (Å²) in [6.45, 7) is 0.335. The van der Waals surface area contributed by atoms with E-state index in [0.29, 0.717) is 34.9 Å². The standard InChI is InChI=1S/C19H24BrN7O4/c1-25-15-13(14(20)24-25)16(29)26(11-22-15)10-12(28)21-8-5-9-27-17(30)19(23-18(27)31)6-3-2-4-7-19/h11H,2-10H2,1H3,(H,21,28)(H,23,31). The molecule has 31 heavy (non-hydrogen) atoms. The number of carbonyl (C=O) groups is 3. The Hall–Kier alpha value is -2.76. The fourth-order valence-corrected chi connectivity index (χ4v) is 4.88. The molecule has 2 N–H and O–H groups in total. The summed E-state index contributed by atoms with van der Waals surface area (Å²) >= 11 is 3.24. The van der Waals surface area contributed by atoms with Gasteiger partial charge in [0.05, 0.1) is 0 Å². The molecule has 1 aliphatic carbocycles. The highest BCUT2D eigenvalue weighted by Crippen LogP contribution is 2.33. The van der Waals surface area contributed by atoms with Crippen LogP contribution >= 0.6 is 15.9 Å². The van der Waals surface area contributed by atoms with Crippen molar-refractivity contribution in [3.63, 3.8) is 0 Å². The zero-order chi connectivity index (χ0) is 22.2. The number of fused-ring (bicyclic) bond motifs is 1. The summed E-state index contributed by atoms with van der Waals surface area (Å²) < 4.78 is 3.08. The second-order valence-corrected chi connectivity index (χ2v) is 8.78. The normalized spacial score (nSPS) is 18.1. The van der Waals surface area contributed by atoms with Crippen LogP contribution in [-0.4, -0.2) is 60.7 Å². The number of hydrogen-bond donors (Lipinski definition) is 2. The molecule has 0 radical (unpaired) electrons. The maximum Gasteiger partial charge on any atom is 0.325 e. The molecule has 11 nitrogen and oxygen atoms in total. The molecule has 4 rings (SSSR count). The molecule has 3 heterocycles. The molecule has 0 unspecified atom stereocenters. The third-order valence-corrected chi connectivity index (χ3v) is 6.47. The predicted octanol–water partition coefficient (Wildman–Crippen LogP) is 0.654. The lowest BCUT2D eigenvalue weighted by molar-refractivity contribution is -0.132. The highest BCUT2D eigenvalue weighted by Gasteiger charge is 2.50. The van der Waals surface area contributed by atoms with Gasteiger partial charge in [0.2, 0.25) is 5.91 Å². The van der Waals surface area contributed by atoms with Crippen molar-refractivity contribution >= 4 is 44.8 Å². The van der Waals surface area contributed by atoms with Crippen molar-refractivity contribution in [2.45, 2.75) is 50.6 Å². The summed E-state index contributed by atoms with van der Waals surface area (Å²) in [5, 5.41) is 10.0. The number of nitrogens with one attached hydrogen (secondary N) is 2. The van der Waals surface area contributed by atoms with Crippen LogP contribution in [0.15, 0.2) is 15.7 Å². The van der Waals surface area contributed by atoms with E-state index in [0.717, 1.165) is 19.3 Å². The summed E-state index contributed by atoms with van der Waals surface area (Å²) in [7, 11) is 1.68. The zero-order valence-electron chi connectivity index (χ0n) is 17.2. The van der Waals surface area contributed by atoms with E-state index < -0.39 is 5.54 Å². The van der Waals surface area contributed by atoms with Crippen LogP contribution in [0.25, 0.3) is 11.0 Å². The minimum atomic E-state index is -0.730. The number of halogens is 1. The molecular formula is C19H24BrN7O4. The van der Waals surface area contributed by atoms with Gasteiger partial charge in [0.25, 0.3) is 11.5 Å². The summed E-state index contributed by atoms with van der Waals surface area (Å²) in [6, 6.07) is -0.355. The highest BCUT2D eigenvalue weighted by atomic mass is 79.9. The second kappa shape index (κ2) is 8.40. The molecule has 1 aliphatic heterocycles. The molecule has 2 aromatic heterocycles. The maximum atomic E-state index is 12.7. The minimum Gasteiger partial charge on any atom is -0.354 e. The third kappa shape index (κ3) is 3.95. The van der Waals surface area contributed by atoms with Gasteiger partial charge in [-0.05, 0) is 35.2 Å². The Bertz CT molecular complexity index is 1100. The van der Waals surface area contributed by atoms with Crippen LogP contribution in [0.4, 0.5) is 4.79 Å². The molecule has 166 valence electrons. The Morgan fingerprint density at radius 2 is 2.00 bits per heavy atom. The van der Waals surface area contributed by atoms with Crippen molar-refractivity contribution in [1.29, 1.82) is 0 Å². The fraction of sp³-hybridized carbons (Fsp3) is 0.579. The zero-order valence-corrected chi connectivity index (χ0v) is 18.8. The van der Waals surface area contributed by atoms with Crippen molar-refractivity contribution in [3.05, 3.63) is 21.3 Å². The fourth-order valence-electron chi connectivity index (χ4n) is 4.30. The van der Waals surface area contributed by atoms with E-state index in [4.69, 9.17) is 0 Å². The second-order valence-electron chi connectivity index (χ2n) is 8.02. The van der Waals surface area contributed by atoms with Crippen LogP contribution in [0.1, 0.15) is 38.5 Å². The Balaban J connectivity index is 1.29. The van der Waals surface area contributed by atoms with E-state index in [1.807, 2.05) is 0 Å². The van der Waals surface area contributed by atoms with Crippen LogP contribution in [0.5, 0.6) is 0 Å². The van der Waals surface area contributed by atoms with Gasteiger partial charge in [-0.15, -0.1) is 0 Å². The lowest BCUT2D eigenvalue weighted by Gasteiger charge is -2.30. The van der Waals surface area contributed by atoms with Gasteiger partial charge >= 0.3 is 6.03 Å². The Kier molecular flexibility index (Phi) is 5.82. The van der Waals surface area contributed by atoms with Gasteiger partial charge in [-0.2, -0.15) is 5.10 Å². The summed E-state index contributed by atoms with van der Waals surface area (Å²) in [4.78, 5) is 55.3. The number of aryl methyl sites for hydroxylation is 1. The van der Waals surface area contributed by atoms with Crippen molar-refractivity contribution in [1.82, 2.24) is 34.9 Å². The minimum absolute atomic E-state index is 0.156. The van der Waals surface area contributed by atoms with Crippen molar-refractivity contribution in [3.8, 4) is 0 Å². The predicted molar refractivity (Wildman–Crippen MR) is 114 cm³/mol. The number of rotatable bonds is 6.